The molecule has 2 heterocycles. The first-order valence-corrected chi connectivity index (χ1v) is 10.6. The Hall–Kier alpha value is -1.36. The Labute approximate surface area is 190 Å². The van der Waals surface area contributed by atoms with Crippen molar-refractivity contribution in [3.05, 3.63) is 18.0 Å². The molecule has 1 aromatic heterocycles. The molecular weight excluding hydrogens is 483 g/mol. The van der Waals surface area contributed by atoms with Crippen molar-refractivity contribution in [2.45, 2.75) is 45.1 Å². The maximum Gasteiger partial charge on any atom is 0.223 e. The maximum absolute atomic E-state index is 12.3. The van der Waals surface area contributed by atoms with Crippen LogP contribution >= 0.6 is 24.0 Å². The summed E-state index contributed by atoms with van der Waals surface area (Å²) >= 11 is 0. The van der Waals surface area contributed by atoms with Gasteiger partial charge in [0.25, 0.3) is 0 Å². The lowest BCUT2D eigenvalue weighted by Crippen LogP contribution is -2.48. The minimum atomic E-state index is -0.00249. The fourth-order valence-electron chi connectivity index (χ4n) is 3.93. The molecule has 1 saturated carbocycles. The van der Waals surface area contributed by atoms with Crippen LogP contribution in [0.25, 0.3) is 0 Å². The standard InChI is InChI=1S/C20H34N6O2.HI/c1-3-21-20(23-10-9-22-19(27)16-7-5-4-6-8-16)26-11-12-28-18(15-26)17-13-24-25(2)14-17;/h13-14,16,18H,3-12,15H2,1-2H3,(H,21,23)(H,22,27);1H. The number of morpholine rings is 1. The van der Waals surface area contributed by atoms with Gasteiger partial charge in [0, 0.05) is 44.4 Å². The van der Waals surface area contributed by atoms with Crippen molar-refractivity contribution in [3.8, 4) is 0 Å². The van der Waals surface area contributed by atoms with E-state index in [4.69, 9.17) is 9.73 Å². The van der Waals surface area contributed by atoms with Gasteiger partial charge in [-0.25, -0.2) is 0 Å². The molecule has 29 heavy (non-hydrogen) atoms. The first-order chi connectivity index (χ1) is 13.7. The van der Waals surface area contributed by atoms with Crippen LogP contribution in [0.5, 0.6) is 0 Å². The van der Waals surface area contributed by atoms with E-state index in [1.807, 2.05) is 19.4 Å². The van der Waals surface area contributed by atoms with E-state index >= 15 is 0 Å². The number of halogens is 1. The molecule has 1 aliphatic heterocycles. The number of ether oxygens (including phenoxy) is 1. The number of guanidine groups is 1. The lowest BCUT2D eigenvalue weighted by Gasteiger charge is -2.34. The minimum absolute atomic E-state index is 0. The molecular formula is C20H35IN6O2. The second kappa shape index (κ2) is 12.4. The summed E-state index contributed by atoms with van der Waals surface area (Å²) in [6.07, 6.45) is 9.53. The van der Waals surface area contributed by atoms with Crippen LogP contribution in [0.2, 0.25) is 0 Å². The first-order valence-electron chi connectivity index (χ1n) is 10.6. The number of nitrogens with zero attached hydrogens (tertiary/aromatic N) is 4. The molecule has 8 nitrogen and oxygen atoms in total. The highest BCUT2D eigenvalue weighted by Crippen LogP contribution is 2.23. The van der Waals surface area contributed by atoms with E-state index in [0.717, 1.165) is 44.0 Å². The van der Waals surface area contributed by atoms with Crippen molar-refractivity contribution in [3.63, 3.8) is 0 Å². The van der Waals surface area contributed by atoms with Crippen LogP contribution in [0.3, 0.4) is 0 Å². The average molecular weight is 518 g/mol. The van der Waals surface area contributed by atoms with Crippen LogP contribution in [-0.4, -0.2) is 65.9 Å². The van der Waals surface area contributed by atoms with Crippen molar-refractivity contribution in [1.82, 2.24) is 25.3 Å². The molecule has 1 amide bonds. The fraction of sp³-hybridized carbons (Fsp3) is 0.750. The molecule has 1 atom stereocenters. The van der Waals surface area contributed by atoms with E-state index in [2.05, 4.69) is 27.6 Å². The van der Waals surface area contributed by atoms with Crippen LogP contribution < -0.4 is 10.6 Å². The minimum Gasteiger partial charge on any atom is -0.370 e. The average Bonchev–Trinajstić information content (AvgIpc) is 3.17. The molecule has 0 bridgehead atoms. The summed E-state index contributed by atoms with van der Waals surface area (Å²) in [6.45, 7) is 6.24. The van der Waals surface area contributed by atoms with Crippen molar-refractivity contribution >= 4 is 35.8 Å². The van der Waals surface area contributed by atoms with Crippen molar-refractivity contribution in [2.24, 2.45) is 18.0 Å². The Kier molecular flexibility index (Phi) is 10.2. The van der Waals surface area contributed by atoms with E-state index in [9.17, 15) is 4.79 Å². The molecule has 1 saturated heterocycles. The highest BCUT2D eigenvalue weighted by molar-refractivity contribution is 14.0. The van der Waals surface area contributed by atoms with E-state index in [1.54, 1.807) is 4.68 Å². The SMILES string of the molecule is CCNC(=NCCNC(=O)C1CCCCC1)N1CCOC(c2cnn(C)c2)C1.I. The molecule has 9 heteroatoms. The fourth-order valence-corrected chi connectivity index (χ4v) is 3.93. The van der Waals surface area contributed by atoms with Gasteiger partial charge in [0.1, 0.15) is 6.10 Å². The van der Waals surface area contributed by atoms with Gasteiger partial charge in [-0.05, 0) is 19.8 Å². The Morgan fingerprint density at radius 1 is 1.31 bits per heavy atom. The van der Waals surface area contributed by atoms with Crippen LogP contribution in [-0.2, 0) is 16.6 Å². The zero-order valence-electron chi connectivity index (χ0n) is 17.6. The molecule has 0 radical (unpaired) electrons. The van der Waals surface area contributed by atoms with Crippen molar-refractivity contribution in [1.29, 1.82) is 0 Å². The van der Waals surface area contributed by atoms with Crippen LogP contribution in [0.1, 0.15) is 50.7 Å². The number of nitrogens with one attached hydrogen (secondary N) is 2. The lowest BCUT2D eigenvalue weighted by atomic mass is 9.89. The van der Waals surface area contributed by atoms with Crippen molar-refractivity contribution < 1.29 is 9.53 Å². The molecule has 1 unspecified atom stereocenters. The number of hydrogen-bond acceptors (Lipinski definition) is 4. The highest BCUT2D eigenvalue weighted by atomic mass is 127. The molecule has 3 rings (SSSR count). The van der Waals surface area contributed by atoms with E-state index < -0.39 is 0 Å². The van der Waals surface area contributed by atoms with Crippen LogP contribution in [0.15, 0.2) is 17.4 Å². The summed E-state index contributed by atoms with van der Waals surface area (Å²) in [6, 6.07) is 0. The van der Waals surface area contributed by atoms with E-state index in [0.29, 0.717) is 19.7 Å². The topological polar surface area (TPSA) is 83.8 Å². The normalized spacial score (nSPS) is 20.8. The van der Waals surface area contributed by atoms with Gasteiger partial charge in [0.05, 0.1) is 25.9 Å². The molecule has 2 aliphatic rings. The van der Waals surface area contributed by atoms with Crippen LogP contribution in [0, 0.1) is 5.92 Å². The third-order valence-corrected chi connectivity index (χ3v) is 5.45. The summed E-state index contributed by atoms with van der Waals surface area (Å²) in [5.41, 5.74) is 1.09. The monoisotopic (exact) mass is 518 g/mol. The highest BCUT2D eigenvalue weighted by Gasteiger charge is 2.25. The van der Waals surface area contributed by atoms with Gasteiger partial charge in [-0.15, -0.1) is 24.0 Å². The zero-order valence-corrected chi connectivity index (χ0v) is 19.9. The predicted octanol–water partition coefficient (Wildman–Crippen LogP) is 2.07. The summed E-state index contributed by atoms with van der Waals surface area (Å²) in [5.74, 6) is 1.28. The molecule has 0 aromatic carbocycles. The van der Waals surface area contributed by atoms with E-state index in [-0.39, 0.29) is 41.9 Å². The Morgan fingerprint density at radius 3 is 2.79 bits per heavy atom. The second-order valence-corrected chi connectivity index (χ2v) is 7.61. The first kappa shape index (κ1) is 23.9. The predicted molar refractivity (Wildman–Crippen MR) is 124 cm³/mol. The summed E-state index contributed by atoms with van der Waals surface area (Å²) in [5, 5.41) is 10.7. The Bertz CT molecular complexity index is 659. The molecule has 164 valence electrons. The van der Waals surface area contributed by atoms with Gasteiger partial charge in [0.15, 0.2) is 5.96 Å². The van der Waals surface area contributed by atoms with E-state index in [1.165, 1.54) is 19.3 Å². The number of carbonyl (C=O) groups is 1. The molecule has 1 aliphatic carbocycles. The third-order valence-electron chi connectivity index (χ3n) is 5.45. The summed E-state index contributed by atoms with van der Waals surface area (Å²) in [4.78, 5) is 19.2. The summed E-state index contributed by atoms with van der Waals surface area (Å²) < 4.78 is 7.72. The number of aliphatic imine (C=N–C) groups is 1. The molecule has 2 fully saturated rings. The van der Waals surface area contributed by atoms with Gasteiger partial charge >= 0.3 is 0 Å². The largest absolute Gasteiger partial charge is 0.370 e. The molecule has 1 aromatic rings. The smallest absolute Gasteiger partial charge is 0.223 e. The summed E-state index contributed by atoms with van der Waals surface area (Å²) in [7, 11) is 1.91. The quantitative estimate of drug-likeness (QED) is 0.261. The van der Waals surface area contributed by atoms with Gasteiger partial charge in [0.2, 0.25) is 5.91 Å². The van der Waals surface area contributed by atoms with Gasteiger partial charge in [-0.1, -0.05) is 19.3 Å². The number of carbonyl (C=O) groups excluding carboxylic acids is 1. The lowest BCUT2D eigenvalue weighted by molar-refractivity contribution is -0.125. The molecule has 2 N–H and O–H groups in total. The number of amides is 1. The number of aromatic nitrogens is 2. The third kappa shape index (κ3) is 7.13. The van der Waals surface area contributed by atoms with Crippen molar-refractivity contribution in [2.75, 3.05) is 39.3 Å². The maximum atomic E-state index is 12.3. The second-order valence-electron chi connectivity index (χ2n) is 7.61. The Balaban J connectivity index is 0.00000300. The van der Waals surface area contributed by atoms with Crippen LogP contribution in [0.4, 0.5) is 0 Å². The zero-order chi connectivity index (χ0) is 19.8. The number of hydrogen-bond donors (Lipinski definition) is 2. The molecule has 0 spiro atoms. The Morgan fingerprint density at radius 2 is 2.10 bits per heavy atom. The van der Waals surface area contributed by atoms with Gasteiger partial charge in [-0.3, -0.25) is 14.5 Å². The van der Waals surface area contributed by atoms with Gasteiger partial charge < -0.3 is 20.3 Å². The number of aryl methyl sites for hydroxylation is 1. The number of rotatable bonds is 6. The van der Waals surface area contributed by atoms with Gasteiger partial charge in [-0.2, -0.15) is 5.10 Å².